The molecule has 3 atom stereocenters. The molecule has 1 aromatic heterocycles. The number of thioether (sulfide) groups is 1. The SMILES string of the molecule is COC1CC2CSC(N(C(=O)O)C(C)(C)C)=NC2(c2cc(NC(=O)c3ccc(C#N)cn3)ccc2F)C1. The van der Waals surface area contributed by atoms with Crippen LogP contribution in [-0.2, 0) is 10.3 Å². The molecule has 0 bridgehead atoms. The van der Waals surface area contributed by atoms with E-state index in [1.54, 1.807) is 33.9 Å². The molecule has 0 spiro atoms. The number of nitrogens with one attached hydrogen (secondary N) is 1. The summed E-state index contributed by atoms with van der Waals surface area (Å²) in [5.41, 5.74) is -0.750. The summed E-state index contributed by atoms with van der Waals surface area (Å²) in [4.78, 5) is 35.1. The van der Waals surface area contributed by atoms with E-state index in [0.29, 0.717) is 35.0 Å². The maximum absolute atomic E-state index is 15.5. The second-order valence-electron chi connectivity index (χ2n) is 10.1. The number of ether oxygens (including phenoxy) is 1. The number of amides is 2. The Bertz CT molecular complexity index is 1290. The summed E-state index contributed by atoms with van der Waals surface area (Å²) in [6.07, 6.45) is 1.01. The van der Waals surface area contributed by atoms with Crippen molar-refractivity contribution >= 4 is 34.6 Å². The van der Waals surface area contributed by atoms with Gasteiger partial charge in [0.1, 0.15) is 17.6 Å². The van der Waals surface area contributed by atoms with Gasteiger partial charge < -0.3 is 15.2 Å². The van der Waals surface area contributed by atoms with Crippen molar-refractivity contribution < 1.29 is 23.8 Å². The lowest BCUT2D eigenvalue weighted by molar-refractivity contribution is 0.101. The second kappa shape index (κ2) is 10.1. The molecule has 1 aliphatic carbocycles. The number of nitriles is 1. The highest BCUT2D eigenvalue weighted by molar-refractivity contribution is 8.13. The summed E-state index contributed by atoms with van der Waals surface area (Å²) in [5, 5.41) is 21.9. The van der Waals surface area contributed by atoms with E-state index < -0.39 is 28.9 Å². The zero-order chi connectivity index (χ0) is 27.0. The van der Waals surface area contributed by atoms with Crippen molar-refractivity contribution in [2.75, 3.05) is 18.2 Å². The molecule has 2 amide bonds. The summed E-state index contributed by atoms with van der Waals surface area (Å²) in [5.74, 6) is -0.555. The Morgan fingerprint density at radius 3 is 2.68 bits per heavy atom. The van der Waals surface area contributed by atoms with Gasteiger partial charge in [-0.05, 0) is 57.5 Å². The van der Waals surface area contributed by atoms with Crippen LogP contribution in [0.4, 0.5) is 14.9 Å². The maximum Gasteiger partial charge on any atom is 0.413 e. The van der Waals surface area contributed by atoms with Crippen molar-refractivity contribution in [3.63, 3.8) is 0 Å². The summed E-state index contributed by atoms with van der Waals surface area (Å²) in [6, 6.07) is 9.17. The highest BCUT2D eigenvalue weighted by Gasteiger charge is 2.53. The Balaban J connectivity index is 1.76. The molecular formula is C26H28FN5O4S. The molecule has 2 N–H and O–H groups in total. The molecular weight excluding hydrogens is 497 g/mol. The molecule has 1 saturated carbocycles. The second-order valence-corrected chi connectivity index (χ2v) is 11.1. The zero-order valence-electron chi connectivity index (χ0n) is 21.0. The molecule has 37 heavy (non-hydrogen) atoms. The minimum Gasteiger partial charge on any atom is -0.465 e. The normalized spacial score (nSPS) is 23.0. The van der Waals surface area contributed by atoms with Gasteiger partial charge in [0.2, 0.25) is 0 Å². The van der Waals surface area contributed by atoms with Crippen molar-refractivity contribution in [1.29, 1.82) is 5.26 Å². The number of benzene rings is 1. The molecule has 2 aromatic rings. The van der Waals surface area contributed by atoms with Crippen LogP contribution in [0, 0.1) is 23.1 Å². The first-order valence-corrected chi connectivity index (χ1v) is 12.7. The molecule has 1 aromatic carbocycles. The fraction of sp³-hybridized carbons (Fsp3) is 0.423. The van der Waals surface area contributed by atoms with Crippen LogP contribution in [0.25, 0.3) is 0 Å². The van der Waals surface area contributed by atoms with Crippen molar-refractivity contribution in [3.05, 3.63) is 59.2 Å². The Hall–Kier alpha value is -3.49. The van der Waals surface area contributed by atoms with E-state index in [0.717, 1.165) is 0 Å². The molecule has 0 radical (unpaired) electrons. The lowest BCUT2D eigenvalue weighted by Crippen LogP contribution is -2.50. The number of carboxylic acid groups (broad SMARTS) is 1. The third-order valence-corrected chi connectivity index (χ3v) is 7.77. The Labute approximate surface area is 218 Å². The van der Waals surface area contributed by atoms with Gasteiger partial charge in [0.15, 0.2) is 5.17 Å². The van der Waals surface area contributed by atoms with Gasteiger partial charge in [-0.2, -0.15) is 5.26 Å². The van der Waals surface area contributed by atoms with Crippen LogP contribution in [0.2, 0.25) is 0 Å². The molecule has 4 rings (SSSR count). The number of halogens is 1. The minimum absolute atomic E-state index is 0.0949. The topological polar surface area (TPSA) is 128 Å². The molecule has 0 saturated heterocycles. The summed E-state index contributed by atoms with van der Waals surface area (Å²) in [7, 11) is 1.60. The number of nitrogens with zero attached hydrogens (tertiary/aromatic N) is 4. The molecule has 194 valence electrons. The number of hydrogen-bond acceptors (Lipinski definition) is 7. The van der Waals surface area contributed by atoms with E-state index in [4.69, 9.17) is 15.0 Å². The lowest BCUT2D eigenvalue weighted by atomic mass is 9.81. The molecule has 1 fully saturated rings. The largest absolute Gasteiger partial charge is 0.465 e. The average Bonchev–Trinajstić information content (AvgIpc) is 3.23. The van der Waals surface area contributed by atoms with Gasteiger partial charge in [0.05, 0.1) is 17.2 Å². The smallest absolute Gasteiger partial charge is 0.413 e. The van der Waals surface area contributed by atoms with E-state index in [9.17, 15) is 14.7 Å². The Kier molecular flexibility index (Phi) is 7.26. The Morgan fingerprint density at radius 1 is 1.32 bits per heavy atom. The number of aliphatic imine (C=N–C) groups is 1. The van der Waals surface area contributed by atoms with Crippen molar-refractivity contribution in [2.45, 2.75) is 50.8 Å². The summed E-state index contributed by atoms with van der Waals surface area (Å²) >= 11 is 1.35. The van der Waals surface area contributed by atoms with Gasteiger partial charge in [-0.25, -0.2) is 19.2 Å². The van der Waals surface area contributed by atoms with Gasteiger partial charge in [-0.1, -0.05) is 11.8 Å². The number of carbonyl (C=O) groups is 2. The molecule has 1 aliphatic heterocycles. The van der Waals surface area contributed by atoms with Crippen LogP contribution >= 0.6 is 11.8 Å². The van der Waals surface area contributed by atoms with Gasteiger partial charge in [-0.3, -0.25) is 9.69 Å². The van der Waals surface area contributed by atoms with Crippen LogP contribution in [0.1, 0.15) is 55.2 Å². The van der Waals surface area contributed by atoms with Gasteiger partial charge in [0.25, 0.3) is 5.91 Å². The maximum atomic E-state index is 15.5. The highest BCUT2D eigenvalue weighted by atomic mass is 32.2. The number of amidine groups is 1. The average molecular weight is 526 g/mol. The molecule has 2 heterocycles. The first-order chi connectivity index (χ1) is 17.5. The van der Waals surface area contributed by atoms with Crippen molar-refractivity contribution in [3.8, 4) is 6.07 Å². The lowest BCUT2D eigenvalue weighted by Gasteiger charge is -2.41. The van der Waals surface area contributed by atoms with E-state index >= 15 is 4.39 Å². The third-order valence-electron chi connectivity index (χ3n) is 6.67. The number of rotatable bonds is 4. The van der Waals surface area contributed by atoms with Gasteiger partial charge >= 0.3 is 6.09 Å². The number of pyridine rings is 1. The van der Waals surface area contributed by atoms with E-state index in [1.165, 1.54) is 47.1 Å². The molecule has 2 aliphatic rings. The number of fused-ring (bicyclic) bond motifs is 1. The number of hydrogen-bond donors (Lipinski definition) is 2. The van der Waals surface area contributed by atoms with Crippen LogP contribution in [-0.4, -0.2) is 56.7 Å². The standard InChI is InChI=1S/C26H28FN5O4S/c1-25(2,3)32(24(34)35)23-31-26(11-18(36-4)9-16(26)14-37-23)19-10-17(6-7-20(19)27)30-22(33)21-8-5-15(12-28)13-29-21/h5-8,10,13,16,18H,9,11,14H2,1-4H3,(H,30,33)(H,34,35). The van der Waals surface area contributed by atoms with E-state index in [-0.39, 0.29) is 23.3 Å². The van der Waals surface area contributed by atoms with Crippen molar-refractivity contribution in [2.24, 2.45) is 10.9 Å². The van der Waals surface area contributed by atoms with Gasteiger partial charge in [-0.15, -0.1) is 0 Å². The van der Waals surface area contributed by atoms with Crippen LogP contribution in [0.5, 0.6) is 0 Å². The quantitative estimate of drug-likeness (QED) is 0.584. The highest BCUT2D eigenvalue weighted by Crippen LogP contribution is 2.53. The predicted molar refractivity (Wildman–Crippen MR) is 138 cm³/mol. The predicted octanol–water partition coefficient (Wildman–Crippen LogP) is 4.85. The van der Waals surface area contributed by atoms with E-state index in [1.807, 2.05) is 6.07 Å². The van der Waals surface area contributed by atoms with Gasteiger partial charge in [0, 0.05) is 48.2 Å². The number of anilines is 1. The molecule has 3 unspecified atom stereocenters. The first kappa shape index (κ1) is 26.6. The number of aromatic nitrogens is 1. The minimum atomic E-state index is -1.13. The van der Waals surface area contributed by atoms with Crippen LogP contribution in [0.3, 0.4) is 0 Å². The first-order valence-electron chi connectivity index (χ1n) is 11.7. The number of carbonyl (C=O) groups excluding carboxylic acids is 1. The van der Waals surface area contributed by atoms with Crippen LogP contribution < -0.4 is 5.32 Å². The summed E-state index contributed by atoms with van der Waals surface area (Å²) in [6.45, 7) is 5.34. The Morgan fingerprint density at radius 2 is 2.08 bits per heavy atom. The van der Waals surface area contributed by atoms with Crippen molar-refractivity contribution in [1.82, 2.24) is 9.88 Å². The molecule has 9 nitrogen and oxygen atoms in total. The third kappa shape index (κ3) is 5.17. The van der Waals surface area contributed by atoms with Crippen LogP contribution in [0.15, 0.2) is 41.5 Å². The fourth-order valence-corrected chi connectivity index (χ4v) is 6.36. The molecule has 11 heteroatoms. The summed E-state index contributed by atoms with van der Waals surface area (Å²) < 4.78 is 21.1. The van der Waals surface area contributed by atoms with E-state index in [2.05, 4.69) is 10.3 Å². The zero-order valence-corrected chi connectivity index (χ0v) is 21.8. The number of methoxy groups -OCH3 is 1. The fourth-order valence-electron chi connectivity index (χ4n) is 4.89. The monoisotopic (exact) mass is 525 g/mol.